The Labute approximate surface area is 182 Å². The van der Waals surface area contributed by atoms with Crippen molar-refractivity contribution in [2.45, 2.75) is 11.8 Å². The van der Waals surface area contributed by atoms with Gasteiger partial charge in [0.2, 0.25) is 5.95 Å². The monoisotopic (exact) mass is 486 g/mol. The molecule has 0 aliphatic rings. The summed E-state index contributed by atoms with van der Waals surface area (Å²) in [7, 11) is -1.48. The highest BCUT2D eigenvalue weighted by atomic mass is 79.9. The summed E-state index contributed by atoms with van der Waals surface area (Å²) < 4.78 is 26.6. The predicted octanol–water partition coefficient (Wildman–Crippen LogP) is 4.32. The number of anilines is 4. The summed E-state index contributed by atoms with van der Waals surface area (Å²) in [5.41, 5.74) is 3.24. The van der Waals surface area contributed by atoms with Gasteiger partial charge >= 0.3 is 0 Å². The third kappa shape index (κ3) is 4.01. The van der Waals surface area contributed by atoms with Crippen LogP contribution in [0.5, 0.6) is 0 Å². The fourth-order valence-electron chi connectivity index (χ4n) is 3.18. The summed E-state index contributed by atoms with van der Waals surface area (Å²) in [6.07, 6.45) is 2.78. The first-order valence-corrected chi connectivity index (χ1v) is 11.7. The van der Waals surface area contributed by atoms with E-state index in [1.165, 1.54) is 6.26 Å². The fourth-order valence-corrected chi connectivity index (χ4v) is 4.32. The van der Waals surface area contributed by atoms with Crippen LogP contribution in [0.1, 0.15) is 5.69 Å². The number of para-hydroxylation sites is 1. The van der Waals surface area contributed by atoms with Crippen molar-refractivity contribution >= 4 is 59.8 Å². The van der Waals surface area contributed by atoms with Crippen LogP contribution in [0, 0.1) is 6.92 Å². The van der Waals surface area contributed by atoms with Gasteiger partial charge in [0.15, 0.2) is 9.84 Å². The van der Waals surface area contributed by atoms with Crippen LogP contribution in [0.25, 0.3) is 10.9 Å². The van der Waals surface area contributed by atoms with E-state index in [0.29, 0.717) is 21.9 Å². The second-order valence-corrected chi connectivity index (χ2v) is 9.69. The number of hydrogen-bond acceptors (Lipinski definition) is 7. The number of nitrogens with zero attached hydrogens (tertiary/aromatic N) is 4. The van der Waals surface area contributed by atoms with Crippen molar-refractivity contribution in [2.75, 3.05) is 16.9 Å². The zero-order chi connectivity index (χ0) is 21.5. The Bertz CT molecular complexity index is 1370. The molecule has 4 aromatic rings. The Hall–Kier alpha value is -2.98. The van der Waals surface area contributed by atoms with Gasteiger partial charge in [-0.05, 0) is 53.2 Å². The van der Waals surface area contributed by atoms with E-state index in [0.717, 1.165) is 22.3 Å². The molecule has 8 nitrogen and oxygen atoms in total. The maximum absolute atomic E-state index is 12.1. The average molecular weight is 487 g/mol. The van der Waals surface area contributed by atoms with Gasteiger partial charge in [-0.1, -0.05) is 12.1 Å². The van der Waals surface area contributed by atoms with Crippen LogP contribution in [-0.2, 0) is 16.9 Å². The Morgan fingerprint density at radius 1 is 1.10 bits per heavy atom. The minimum absolute atomic E-state index is 0.197. The van der Waals surface area contributed by atoms with Crippen LogP contribution >= 0.6 is 15.9 Å². The molecule has 0 radical (unpaired) electrons. The van der Waals surface area contributed by atoms with Gasteiger partial charge in [0, 0.05) is 30.6 Å². The Morgan fingerprint density at radius 2 is 1.87 bits per heavy atom. The molecule has 0 saturated carbocycles. The summed E-state index contributed by atoms with van der Waals surface area (Å²) in [6, 6.07) is 12.6. The topological polar surface area (TPSA) is 102 Å². The van der Waals surface area contributed by atoms with E-state index in [2.05, 4.69) is 41.6 Å². The number of benzene rings is 2. The maximum atomic E-state index is 12.1. The van der Waals surface area contributed by atoms with Crippen molar-refractivity contribution in [1.29, 1.82) is 0 Å². The third-order valence-electron chi connectivity index (χ3n) is 4.57. The number of rotatable bonds is 5. The molecule has 0 fully saturated rings. The van der Waals surface area contributed by atoms with Crippen molar-refractivity contribution in [3.05, 3.63) is 58.8 Å². The molecule has 0 atom stereocenters. The van der Waals surface area contributed by atoms with Gasteiger partial charge in [0.1, 0.15) is 5.82 Å². The molecule has 0 spiro atoms. The first-order valence-electron chi connectivity index (χ1n) is 9.01. The minimum atomic E-state index is -3.39. The molecule has 30 heavy (non-hydrogen) atoms. The molecule has 0 aliphatic carbocycles. The molecule has 154 valence electrons. The summed E-state index contributed by atoms with van der Waals surface area (Å²) in [5, 5.41) is 11.8. The first kappa shape index (κ1) is 20.3. The van der Waals surface area contributed by atoms with Crippen molar-refractivity contribution in [3.8, 4) is 0 Å². The van der Waals surface area contributed by atoms with Gasteiger partial charge in [-0.15, -0.1) is 0 Å². The van der Waals surface area contributed by atoms with Gasteiger partial charge in [-0.25, -0.2) is 13.4 Å². The van der Waals surface area contributed by atoms with E-state index in [4.69, 9.17) is 0 Å². The van der Waals surface area contributed by atoms with Crippen LogP contribution in [-0.4, -0.2) is 34.4 Å². The summed E-state index contributed by atoms with van der Waals surface area (Å²) in [6.45, 7) is 1.96. The van der Waals surface area contributed by atoms with E-state index in [9.17, 15) is 8.42 Å². The van der Waals surface area contributed by atoms with Crippen molar-refractivity contribution in [3.63, 3.8) is 0 Å². The zero-order valence-electron chi connectivity index (χ0n) is 16.5. The zero-order valence-corrected chi connectivity index (χ0v) is 18.9. The second-order valence-electron chi connectivity index (χ2n) is 6.85. The van der Waals surface area contributed by atoms with Crippen LogP contribution in [0.4, 0.5) is 23.1 Å². The Morgan fingerprint density at radius 3 is 2.63 bits per heavy atom. The van der Waals surface area contributed by atoms with Crippen LogP contribution < -0.4 is 10.6 Å². The van der Waals surface area contributed by atoms with Gasteiger partial charge in [0.05, 0.1) is 26.3 Å². The molecular weight excluding hydrogens is 468 g/mol. The van der Waals surface area contributed by atoms with E-state index >= 15 is 0 Å². The quantitative estimate of drug-likeness (QED) is 0.432. The fraction of sp³-hybridized carbons (Fsp3) is 0.150. The number of fused-ring (bicyclic) bond motifs is 1. The van der Waals surface area contributed by atoms with E-state index in [1.54, 1.807) is 30.5 Å². The SMILES string of the molecule is Cc1nn(C)c2ccc(Nc3ncc(Br)c(Nc4ccccc4S(C)(=O)=O)n3)cc12. The third-order valence-corrected chi connectivity index (χ3v) is 6.31. The smallest absolute Gasteiger partial charge is 0.229 e. The highest BCUT2D eigenvalue weighted by molar-refractivity contribution is 9.10. The molecule has 10 heteroatoms. The van der Waals surface area contributed by atoms with Crippen molar-refractivity contribution < 1.29 is 8.42 Å². The maximum Gasteiger partial charge on any atom is 0.229 e. The Balaban J connectivity index is 1.66. The highest BCUT2D eigenvalue weighted by Crippen LogP contribution is 2.29. The van der Waals surface area contributed by atoms with Gasteiger partial charge < -0.3 is 10.6 Å². The van der Waals surface area contributed by atoms with E-state index in [-0.39, 0.29) is 4.90 Å². The molecule has 0 bridgehead atoms. The number of aryl methyl sites for hydroxylation is 2. The largest absolute Gasteiger partial charge is 0.338 e. The van der Waals surface area contributed by atoms with Gasteiger partial charge in [-0.3, -0.25) is 4.68 Å². The number of hydrogen-bond donors (Lipinski definition) is 2. The van der Waals surface area contributed by atoms with Crippen molar-refractivity contribution in [1.82, 2.24) is 19.7 Å². The predicted molar refractivity (Wildman–Crippen MR) is 121 cm³/mol. The van der Waals surface area contributed by atoms with E-state index < -0.39 is 9.84 Å². The summed E-state index contributed by atoms with van der Waals surface area (Å²) in [4.78, 5) is 9.00. The molecule has 0 aliphatic heterocycles. The first-order chi connectivity index (χ1) is 14.2. The molecular formula is C20H19BrN6O2S. The number of nitrogens with one attached hydrogen (secondary N) is 2. The minimum Gasteiger partial charge on any atom is -0.338 e. The molecule has 0 amide bonds. The number of aromatic nitrogens is 4. The molecule has 2 N–H and O–H groups in total. The average Bonchev–Trinajstić information content (AvgIpc) is 2.97. The molecule has 2 aromatic heterocycles. The molecule has 2 heterocycles. The lowest BCUT2D eigenvalue weighted by Crippen LogP contribution is -2.05. The molecule has 2 aromatic carbocycles. The summed E-state index contributed by atoms with van der Waals surface area (Å²) >= 11 is 3.42. The van der Waals surface area contributed by atoms with Crippen LogP contribution in [0.3, 0.4) is 0 Å². The molecule has 0 unspecified atom stereocenters. The lowest BCUT2D eigenvalue weighted by Gasteiger charge is -2.13. The standard InChI is InChI=1S/C20H19BrN6O2S/c1-12-14-10-13(8-9-17(14)27(2)26-12)23-20-22-11-15(21)19(25-20)24-16-6-4-5-7-18(16)30(3,28)29/h4-11H,1-3H3,(H2,22,23,24,25). The lowest BCUT2D eigenvalue weighted by atomic mass is 10.2. The van der Waals surface area contributed by atoms with Gasteiger partial charge in [0.25, 0.3) is 0 Å². The number of halogens is 1. The summed E-state index contributed by atoms with van der Waals surface area (Å²) in [5.74, 6) is 0.820. The Kier molecular flexibility index (Phi) is 5.20. The highest BCUT2D eigenvalue weighted by Gasteiger charge is 2.15. The lowest BCUT2D eigenvalue weighted by molar-refractivity contribution is 0.602. The number of sulfone groups is 1. The van der Waals surface area contributed by atoms with Crippen LogP contribution in [0.15, 0.2) is 58.0 Å². The molecule has 4 rings (SSSR count). The van der Waals surface area contributed by atoms with Crippen molar-refractivity contribution in [2.24, 2.45) is 7.05 Å². The molecule has 0 saturated heterocycles. The van der Waals surface area contributed by atoms with E-state index in [1.807, 2.05) is 36.9 Å². The van der Waals surface area contributed by atoms with Gasteiger partial charge in [-0.2, -0.15) is 10.1 Å². The normalized spacial score (nSPS) is 11.6. The second kappa shape index (κ2) is 7.69. The van der Waals surface area contributed by atoms with Crippen LogP contribution in [0.2, 0.25) is 0 Å².